The Labute approximate surface area is 200 Å². The first-order valence-corrected chi connectivity index (χ1v) is 12.3. The molecule has 0 spiro atoms. The van der Waals surface area contributed by atoms with Crippen molar-refractivity contribution < 1.29 is 9.18 Å². The van der Waals surface area contributed by atoms with Crippen molar-refractivity contribution in [1.82, 2.24) is 19.8 Å². The van der Waals surface area contributed by atoms with E-state index < -0.39 is 0 Å². The van der Waals surface area contributed by atoms with Gasteiger partial charge in [-0.25, -0.2) is 9.37 Å². The largest absolute Gasteiger partial charge is 0.310 e. The summed E-state index contributed by atoms with van der Waals surface area (Å²) >= 11 is 0. The van der Waals surface area contributed by atoms with E-state index in [4.69, 9.17) is 0 Å². The van der Waals surface area contributed by atoms with Crippen LogP contribution in [0.1, 0.15) is 25.7 Å². The van der Waals surface area contributed by atoms with Gasteiger partial charge >= 0.3 is 0 Å². The van der Waals surface area contributed by atoms with Gasteiger partial charge in [-0.05, 0) is 67.8 Å². The molecule has 1 aromatic carbocycles. The Hall–Kier alpha value is -2.90. The molecule has 0 unspecified atom stereocenters. The number of hydrogen-bond donors (Lipinski definition) is 1. The maximum absolute atomic E-state index is 13.6. The number of piperazine rings is 1. The van der Waals surface area contributed by atoms with E-state index >= 15 is 0 Å². The van der Waals surface area contributed by atoms with Gasteiger partial charge in [0.05, 0.1) is 6.20 Å². The molecule has 1 N–H and O–H groups in total. The van der Waals surface area contributed by atoms with Gasteiger partial charge in [0.15, 0.2) is 0 Å². The third kappa shape index (κ3) is 5.42. The van der Waals surface area contributed by atoms with Crippen LogP contribution in [0.5, 0.6) is 0 Å². The second kappa shape index (κ2) is 10.2. The molecule has 3 heterocycles. The molecule has 34 heavy (non-hydrogen) atoms. The Balaban J connectivity index is 1.19. The zero-order chi connectivity index (χ0) is 23.5. The number of carbonyl (C=O) groups is 1. The maximum Gasteiger partial charge on any atom is 0.228 e. The predicted molar refractivity (Wildman–Crippen MR) is 133 cm³/mol. The monoisotopic (exact) mass is 461 g/mol. The summed E-state index contributed by atoms with van der Waals surface area (Å²) in [5.41, 5.74) is 1.60. The van der Waals surface area contributed by atoms with E-state index in [9.17, 15) is 9.18 Å². The Morgan fingerprint density at radius 2 is 1.76 bits per heavy atom. The quantitative estimate of drug-likeness (QED) is 0.609. The number of anilines is 1. The molecule has 0 radical (unpaired) electrons. The van der Waals surface area contributed by atoms with Crippen molar-refractivity contribution in [3.63, 3.8) is 0 Å². The first-order valence-electron chi connectivity index (χ1n) is 12.3. The lowest BCUT2D eigenvalue weighted by molar-refractivity contribution is -0.121. The molecule has 2 fully saturated rings. The Bertz CT molecular complexity index is 1150. The maximum atomic E-state index is 13.6. The third-order valence-corrected chi connectivity index (χ3v) is 7.34. The normalized spacial score (nSPS) is 22.1. The summed E-state index contributed by atoms with van der Waals surface area (Å²) < 4.78 is 13.6. The minimum absolute atomic E-state index is 0.0472. The van der Waals surface area contributed by atoms with Crippen LogP contribution in [0.2, 0.25) is 0 Å². The summed E-state index contributed by atoms with van der Waals surface area (Å²) in [6.07, 6.45) is 8.71. The van der Waals surface area contributed by atoms with Crippen molar-refractivity contribution in [2.75, 3.05) is 45.1 Å². The Kier molecular flexibility index (Phi) is 6.83. The van der Waals surface area contributed by atoms with Gasteiger partial charge in [-0.15, -0.1) is 0 Å². The van der Waals surface area contributed by atoms with Crippen molar-refractivity contribution in [2.24, 2.45) is 11.8 Å². The number of hydrogen-bond acceptors (Lipinski definition) is 5. The number of carbonyl (C=O) groups excluding carboxylic acids is 1. The number of nitrogens with one attached hydrogen (secondary N) is 1. The van der Waals surface area contributed by atoms with Gasteiger partial charge in [0.2, 0.25) is 5.91 Å². The SMILES string of the molecule is CN1CCN(CC2CCC(C(=O)Nc3cc4cc(-c5cncc(F)c5)ccc4cn3)CC2)CC1. The fraction of sp³-hybridized carbons (Fsp3) is 0.444. The number of rotatable bonds is 5. The van der Waals surface area contributed by atoms with E-state index in [1.807, 2.05) is 24.3 Å². The highest BCUT2D eigenvalue weighted by Crippen LogP contribution is 2.31. The molecule has 3 aromatic rings. The van der Waals surface area contributed by atoms with E-state index in [0.717, 1.165) is 80.3 Å². The molecule has 2 aliphatic rings. The Morgan fingerprint density at radius 3 is 2.53 bits per heavy atom. The molecule has 1 saturated carbocycles. The van der Waals surface area contributed by atoms with Gasteiger partial charge in [-0.1, -0.05) is 12.1 Å². The van der Waals surface area contributed by atoms with Crippen LogP contribution in [-0.2, 0) is 4.79 Å². The molecule has 7 heteroatoms. The standard InChI is InChI=1S/C27H32FN5O/c1-32-8-10-33(11-9-32)18-19-2-4-20(5-3-19)27(34)31-26-14-23-12-21(6-7-22(23)16-30-26)24-13-25(28)17-29-15-24/h6-7,12-17,19-20H,2-5,8-11,18H2,1H3,(H,30,31,34). The van der Waals surface area contributed by atoms with Crippen LogP contribution in [-0.4, -0.2) is 65.4 Å². The van der Waals surface area contributed by atoms with Gasteiger partial charge in [-0.2, -0.15) is 0 Å². The second-order valence-electron chi connectivity index (χ2n) is 9.83. The van der Waals surface area contributed by atoms with Crippen LogP contribution < -0.4 is 5.32 Å². The molecule has 0 bridgehead atoms. The smallest absolute Gasteiger partial charge is 0.228 e. The number of amides is 1. The highest BCUT2D eigenvalue weighted by Gasteiger charge is 2.28. The van der Waals surface area contributed by atoms with E-state index in [2.05, 4.69) is 32.1 Å². The molecule has 1 amide bonds. The van der Waals surface area contributed by atoms with E-state index in [-0.39, 0.29) is 17.6 Å². The highest BCUT2D eigenvalue weighted by atomic mass is 19.1. The topological polar surface area (TPSA) is 61.4 Å². The molecule has 1 aliphatic carbocycles. The summed E-state index contributed by atoms with van der Waals surface area (Å²) in [7, 11) is 2.19. The first-order chi connectivity index (χ1) is 16.5. The van der Waals surface area contributed by atoms with Crippen molar-refractivity contribution in [1.29, 1.82) is 0 Å². The predicted octanol–water partition coefficient (Wildman–Crippen LogP) is 4.43. The number of aromatic nitrogens is 2. The molecular formula is C27H32FN5O. The summed E-state index contributed by atoms with van der Waals surface area (Å²) in [4.78, 5) is 26.3. The number of fused-ring (bicyclic) bond motifs is 1. The fourth-order valence-electron chi connectivity index (χ4n) is 5.19. The third-order valence-electron chi connectivity index (χ3n) is 7.34. The van der Waals surface area contributed by atoms with Gasteiger partial charge in [-0.3, -0.25) is 9.78 Å². The summed E-state index contributed by atoms with van der Waals surface area (Å²) in [5.74, 6) is 1.01. The van der Waals surface area contributed by atoms with Crippen LogP contribution in [0.25, 0.3) is 21.9 Å². The lowest BCUT2D eigenvalue weighted by atomic mass is 9.81. The van der Waals surface area contributed by atoms with E-state index in [0.29, 0.717) is 11.7 Å². The number of benzene rings is 1. The number of pyridine rings is 2. The molecule has 1 saturated heterocycles. The minimum atomic E-state index is -0.362. The van der Waals surface area contributed by atoms with Crippen molar-refractivity contribution >= 4 is 22.5 Å². The summed E-state index contributed by atoms with van der Waals surface area (Å²) in [6, 6.07) is 9.22. The molecule has 178 valence electrons. The number of halogens is 1. The van der Waals surface area contributed by atoms with Gasteiger partial charge in [0.1, 0.15) is 11.6 Å². The van der Waals surface area contributed by atoms with Crippen LogP contribution >= 0.6 is 0 Å². The van der Waals surface area contributed by atoms with Crippen LogP contribution in [0.3, 0.4) is 0 Å². The van der Waals surface area contributed by atoms with Crippen molar-refractivity contribution in [3.8, 4) is 11.1 Å². The van der Waals surface area contributed by atoms with Gasteiger partial charge in [0.25, 0.3) is 0 Å². The zero-order valence-electron chi connectivity index (χ0n) is 19.7. The highest BCUT2D eigenvalue weighted by molar-refractivity contribution is 5.95. The molecule has 0 atom stereocenters. The summed E-state index contributed by atoms with van der Waals surface area (Å²) in [5, 5.41) is 4.95. The molecule has 1 aliphatic heterocycles. The van der Waals surface area contributed by atoms with E-state index in [1.54, 1.807) is 12.4 Å². The zero-order valence-corrected chi connectivity index (χ0v) is 19.7. The Morgan fingerprint density at radius 1 is 0.971 bits per heavy atom. The molecule has 6 nitrogen and oxygen atoms in total. The van der Waals surface area contributed by atoms with Crippen LogP contribution in [0.15, 0.2) is 48.9 Å². The van der Waals surface area contributed by atoms with Crippen molar-refractivity contribution in [2.45, 2.75) is 25.7 Å². The molecular weight excluding hydrogens is 429 g/mol. The number of likely N-dealkylation sites (N-methyl/N-ethyl adjacent to an activating group) is 1. The molecule has 2 aromatic heterocycles. The van der Waals surface area contributed by atoms with Crippen molar-refractivity contribution in [3.05, 3.63) is 54.7 Å². The average molecular weight is 462 g/mol. The van der Waals surface area contributed by atoms with Crippen LogP contribution in [0, 0.1) is 17.7 Å². The fourth-order valence-corrected chi connectivity index (χ4v) is 5.19. The first kappa shape index (κ1) is 22.9. The minimum Gasteiger partial charge on any atom is -0.310 e. The average Bonchev–Trinajstić information content (AvgIpc) is 2.85. The van der Waals surface area contributed by atoms with Crippen LogP contribution in [0.4, 0.5) is 10.2 Å². The van der Waals surface area contributed by atoms with Gasteiger partial charge < -0.3 is 15.1 Å². The lowest BCUT2D eigenvalue weighted by Gasteiger charge is -2.36. The second-order valence-corrected chi connectivity index (χ2v) is 9.83. The summed E-state index contributed by atoms with van der Waals surface area (Å²) in [6.45, 7) is 5.77. The van der Waals surface area contributed by atoms with Gasteiger partial charge in [0, 0.05) is 62.0 Å². The van der Waals surface area contributed by atoms with E-state index in [1.165, 1.54) is 12.3 Å². The molecule has 5 rings (SSSR count). The lowest BCUT2D eigenvalue weighted by Crippen LogP contribution is -2.46. The number of nitrogens with zero attached hydrogens (tertiary/aromatic N) is 4.